The van der Waals surface area contributed by atoms with Gasteiger partial charge in [-0.1, -0.05) is 6.07 Å². The van der Waals surface area contributed by atoms with Crippen LogP contribution in [0.5, 0.6) is 5.75 Å². The molecule has 1 rings (SSSR count). The summed E-state index contributed by atoms with van der Waals surface area (Å²) in [5.41, 5.74) is 6.84. The van der Waals surface area contributed by atoms with Gasteiger partial charge in [0.05, 0.1) is 6.10 Å². The third-order valence-corrected chi connectivity index (χ3v) is 2.63. The highest BCUT2D eigenvalue weighted by molar-refractivity contribution is 5.31. The SMILES string of the molecule is CC(C)Oc1ccc(C(N)CCN(C)C)cc1F. The summed E-state index contributed by atoms with van der Waals surface area (Å²) in [6, 6.07) is 4.81. The maximum atomic E-state index is 13.8. The maximum Gasteiger partial charge on any atom is 0.165 e. The van der Waals surface area contributed by atoms with Crippen LogP contribution in [0.15, 0.2) is 18.2 Å². The molecular weight excluding hydrogens is 231 g/mol. The zero-order valence-corrected chi connectivity index (χ0v) is 11.6. The first-order valence-electron chi connectivity index (χ1n) is 6.26. The van der Waals surface area contributed by atoms with Crippen LogP contribution in [0.25, 0.3) is 0 Å². The molecule has 0 aliphatic carbocycles. The second-order valence-electron chi connectivity index (χ2n) is 5.05. The summed E-state index contributed by atoms with van der Waals surface area (Å²) in [6.45, 7) is 4.62. The van der Waals surface area contributed by atoms with Gasteiger partial charge in [0.15, 0.2) is 11.6 Å². The molecule has 0 aliphatic heterocycles. The van der Waals surface area contributed by atoms with E-state index < -0.39 is 0 Å². The van der Waals surface area contributed by atoms with Crippen molar-refractivity contribution in [3.63, 3.8) is 0 Å². The Kier molecular flexibility index (Phi) is 5.56. The van der Waals surface area contributed by atoms with Gasteiger partial charge in [0.2, 0.25) is 0 Å². The van der Waals surface area contributed by atoms with Crippen molar-refractivity contribution in [2.45, 2.75) is 32.4 Å². The lowest BCUT2D eigenvalue weighted by Gasteiger charge is -2.17. The molecule has 1 atom stereocenters. The number of ether oxygens (including phenoxy) is 1. The van der Waals surface area contributed by atoms with Crippen LogP contribution in [-0.2, 0) is 0 Å². The number of hydrogen-bond acceptors (Lipinski definition) is 3. The fraction of sp³-hybridized carbons (Fsp3) is 0.571. The molecule has 0 aromatic heterocycles. The zero-order valence-electron chi connectivity index (χ0n) is 11.6. The van der Waals surface area contributed by atoms with Crippen LogP contribution in [-0.4, -0.2) is 31.6 Å². The lowest BCUT2D eigenvalue weighted by molar-refractivity contribution is 0.231. The molecule has 0 spiro atoms. The van der Waals surface area contributed by atoms with Crippen LogP contribution in [0, 0.1) is 5.82 Å². The maximum absolute atomic E-state index is 13.8. The molecule has 4 heteroatoms. The van der Waals surface area contributed by atoms with Crippen LogP contribution in [0.2, 0.25) is 0 Å². The molecule has 0 aliphatic rings. The number of nitrogens with zero attached hydrogens (tertiary/aromatic N) is 1. The minimum atomic E-state index is -0.346. The Morgan fingerprint density at radius 2 is 2.00 bits per heavy atom. The van der Waals surface area contributed by atoms with Gasteiger partial charge in [-0.2, -0.15) is 0 Å². The molecule has 1 aromatic carbocycles. The first-order valence-corrected chi connectivity index (χ1v) is 6.26. The molecular formula is C14H23FN2O. The van der Waals surface area contributed by atoms with Crippen LogP contribution >= 0.6 is 0 Å². The van der Waals surface area contributed by atoms with Crippen molar-refractivity contribution in [1.82, 2.24) is 4.90 Å². The van der Waals surface area contributed by atoms with Gasteiger partial charge in [0.1, 0.15) is 0 Å². The molecule has 0 heterocycles. The highest BCUT2D eigenvalue weighted by Gasteiger charge is 2.11. The second-order valence-corrected chi connectivity index (χ2v) is 5.05. The lowest BCUT2D eigenvalue weighted by atomic mass is 10.0. The third kappa shape index (κ3) is 4.63. The summed E-state index contributed by atoms with van der Waals surface area (Å²) in [5, 5.41) is 0. The lowest BCUT2D eigenvalue weighted by Crippen LogP contribution is -2.20. The van der Waals surface area contributed by atoms with E-state index >= 15 is 0 Å². The van der Waals surface area contributed by atoms with Gasteiger partial charge >= 0.3 is 0 Å². The summed E-state index contributed by atoms with van der Waals surface area (Å²) in [5.74, 6) is -0.0601. The molecule has 1 unspecified atom stereocenters. The van der Waals surface area contributed by atoms with E-state index in [-0.39, 0.29) is 23.7 Å². The summed E-state index contributed by atoms with van der Waals surface area (Å²) in [4.78, 5) is 2.06. The molecule has 2 N–H and O–H groups in total. The zero-order chi connectivity index (χ0) is 13.7. The fourth-order valence-electron chi connectivity index (χ4n) is 1.66. The average Bonchev–Trinajstić information content (AvgIpc) is 2.28. The molecule has 0 bridgehead atoms. The van der Waals surface area contributed by atoms with Crippen molar-refractivity contribution in [1.29, 1.82) is 0 Å². The van der Waals surface area contributed by atoms with E-state index in [1.807, 2.05) is 34.0 Å². The van der Waals surface area contributed by atoms with Gasteiger partial charge in [-0.25, -0.2) is 4.39 Å². The molecule has 102 valence electrons. The molecule has 0 amide bonds. The largest absolute Gasteiger partial charge is 0.488 e. The molecule has 3 nitrogen and oxygen atoms in total. The highest BCUT2D eigenvalue weighted by atomic mass is 19.1. The molecule has 0 saturated heterocycles. The quantitative estimate of drug-likeness (QED) is 0.848. The van der Waals surface area contributed by atoms with E-state index in [1.54, 1.807) is 6.07 Å². The predicted molar refractivity (Wildman–Crippen MR) is 72.3 cm³/mol. The van der Waals surface area contributed by atoms with Crippen molar-refractivity contribution in [3.8, 4) is 5.75 Å². The van der Waals surface area contributed by atoms with Crippen molar-refractivity contribution in [2.75, 3.05) is 20.6 Å². The van der Waals surface area contributed by atoms with Gasteiger partial charge in [0.25, 0.3) is 0 Å². The first kappa shape index (κ1) is 14.9. The minimum absolute atomic E-state index is 0.0345. The van der Waals surface area contributed by atoms with Crippen LogP contribution in [0.1, 0.15) is 31.9 Å². The minimum Gasteiger partial charge on any atom is -0.488 e. The van der Waals surface area contributed by atoms with Crippen molar-refractivity contribution in [3.05, 3.63) is 29.6 Å². The van der Waals surface area contributed by atoms with Gasteiger partial charge in [-0.3, -0.25) is 0 Å². The monoisotopic (exact) mass is 254 g/mol. The summed E-state index contributed by atoms with van der Waals surface area (Å²) in [6.07, 6.45) is 0.768. The third-order valence-electron chi connectivity index (χ3n) is 2.63. The summed E-state index contributed by atoms with van der Waals surface area (Å²) >= 11 is 0. The number of hydrogen-bond donors (Lipinski definition) is 1. The standard InChI is InChI=1S/C14H23FN2O/c1-10(2)18-14-6-5-11(9-12(14)15)13(16)7-8-17(3)4/h5-6,9-10,13H,7-8,16H2,1-4H3. The summed E-state index contributed by atoms with van der Waals surface area (Å²) in [7, 11) is 3.99. The van der Waals surface area contributed by atoms with E-state index in [1.165, 1.54) is 6.07 Å². The molecule has 1 aromatic rings. The van der Waals surface area contributed by atoms with E-state index in [0.29, 0.717) is 0 Å². The molecule has 0 fully saturated rings. The van der Waals surface area contributed by atoms with E-state index in [4.69, 9.17) is 10.5 Å². The molecule has 0 saturated carbocycles. The normalized spacial score (nSPS) is 13.1. The smallest absolute Gasteiger partial charge is 0.165 e. The van der Waals surface area contributed by atoms with Crippen LogP contribution in [0.3, 0.4) is 0 Å². The number of benzene rings is 1. The van der Waals surface area contributed by atoms with Crippen LogP contribution < -0.4 is 10.5 Å². The second kappa shape index (κ2) is 6.71. The Morgan fingerprint density at radius 1 is 1.33 bits per heavy atom. The average molecular weight is 254 g/mol. The van der Waals surface area contributed by atoms with E-state index in [0.717, 1.165) is 18.5 Å². The Bertz CT molecular complexity index is 380. The first-order chi connectivity index (χ1) is 8.40. The molecule has 18 heavy (non-hydrogen) atoms. The highest BCUT2D eigenvalue weighted by Crippen LogP contribution is 2.23. The van der Waals surface area contributed by atoms with Crippen molar-refractivity contribution < 1.29 is 9.13 Å². The number of rotatable bonds is 6. The van der Waals surface area contributed by atoms with Gasteiger partial charge in [-0.05, 0) is 58.6 Å². The Balaban J connectivity index is 2.71. The Morgan fingerprint density at radius 3 is 2.50 bits per heavy atom. The predicted octanol–water partition coefficient (Wildman–Crippen LogP) is 2.56. The van der Waals surface area contributed by atoms with Gasteiger partial charge in [-0.15, -0.1) is 0 Å². The Hall–Kier alpha value is -1.13. The van der Waals surface area contributed by atoms with E-state index in [9.17, 15) is 4.39 Å². The number of nitrogens with two attached hydrogens (primary N) is 1. The topological polar surface area (TPSA) is 38.5 Å². The van der Waals surface area contributed by atoms with Gasteiger partial charge in [0, 0.05) is 6.04 Å². The summed E-state index contributed by atoms with van der Waals surface area (Å²) < 4.78 is 19.1. The van der Waals surface area contributed by atoms with Gasteiger partial charge < -0.3 is 15.4 Å². The van der Waals surface area contributed by atoms with Crippen molar-refractivity contribution >= 4 is 0 Å². The number of halogens is 1. The van der Waals surface area contributed by atoms with E-state index in [2.05, 4.69) is 4.90 Å². The Labute approximate surface area is 109 Å². The van der Waals surface area contributed by atoms with Crippen molar-refractivity contribution in [2.24, 2.45) is 5.73 Å². The molecule has 0 radical (unpaired) electrons. The van der Waals surface area contributed by atoms with Crippen LogP contribution in [0.4, 0.5) is 4.39 Å². The fourth-order valence-corrected chi connectivity index (χ4v) is 1.66.